The minimum absolute atomic E-state index is 0.000259. The second kappa shape index (κ2) is 15.4. The summed E-state index contributed by atoms with van der Waals surface area (Å²) in [7, 11) is -7.73. The molecule has 4 N–H and O–H groups in total. The van der Waals surface area contributed by atoms with Crippen molar-refractivity contribution in [3.8, 4) is 0 Å². The Hall–Kier alpha value is -2.80. The second-order valence-corrected chi connectivity index (χ2v) is 17.9. The summed E-state index contributed by atoms with van der Waals surface area (Å²) in [6.45, 7) is 8.27. The van der Waals surface area contributed by atoms with Crippen LogP contribution < -0.4 is 11.0 Å². The highest BCUT2D eigenvalue weighted by Crippen LogP contribution is 2.46. The smallest absolute Gasteiger partial charge is 0.265 e. The van der Waals surface area contributed by atoms with Crippen LogP contribution in [-0.2, 0) is 42.1 Å². The number of benzene rings is 2. The maximum atomic E-state index is 13.2. The van der Waals surface area contributed by atoms with Gasteiger partial charge in [0, 0.05) is 0 Å². The van der Waals surface area contributed by atoms with Crippen LogP contribution in [0.3, 0.4) is 0 Å². The van der Waals surface area contributed by atoms with Gasteiger partial charge in [0.15, 0.2) is 29.2 Å². The number of aryl methyl sites for hydroxylation is 2. The highest BCUT2D eigenvalue weighted by Gasteiger charge is 2.54. The minimum Gasteiger partial charge on any atom is -0.289 e. The van der Waals surface area contributed by atoms with Gasteiger partial charge in [0.25, 0.3) is 11.8 Å². The van der Waals surface area contributed by atoms with Crippen molar-refractivity contribution in [2.45, 2.75) is 130 Å². The highest BCUT2D eigenvalue weighted by atomic mass is 32.2. The van der Waals surface area contributed by atoms with Gasteiger partial charge in [0.2, 0.25) is 0 Å². The molecule has 0 aromatic heterocycles. The van der Waals surface area contributed by atoms with Gasteiger partial charge in [-0.05, 0) is 92.2 Å². The fraction of sp³-hybridized carbons (Fsp3) is 0.588. The molecule has 2 aliphatic carbocycles. The molecule has 12 heteroatoms. The molecule has 2 saturated carbocycles. The lowest BCUT2D eigenvalue weighted by Gasteiger charge is -2.41. The van der Waals surface area contributed by atoms with Crippen LogP contribution in [-0.4, -0.2) is 48.6 Å². The molecule has 2 fully saturated rings. The summed E-state index contributed by atoms with van der Waals surface area (Å²) in [5.74, 6) is -1.64. The van der Waals surface area contributed by atoms with Crippen molar-refractivity contribution in [1.82, 2.24) is 11.0 Å². The third-order valence-electron chi connectivity index (χ3n) is 9.68. The quantitative estimate of drug-likeness (QED) is 0.179. The molecule has 2 aliphatic rings. The van der Waals surface area contributed by atoms with Crippen LogP contribution in [0, 0.1) is 5.41 Å². The Kier molecular flexibility index (Phi) is 12.6. The van der Waals surface area contributed by atoms with Gasteiger partial charge in [-0.1, -0.05) is 84.1 Å². The predicted molar refractivity (Wildman–Crippen MR) is 176 cm³/mol. The lowest BCUT2D eigenvalue weighted by atomic mass is 9.72. The van der Waals surface area contributed by atoms with Crippen molar-refractivity contribution in [3.05, 3.63) is 59.7 Å². The Balaban J connectivity index is 0.000000251. The monoisotopic (exact) mass is 678 g/mol. The summed E-state index contributed by atoms with van der Waals surface area (Å²) in [5, 5.41) is 18.2. The van der Waals surface area contributed by atoms with Crippen LogP contribution in [0.15, 0.2) is 58.3 Å². The van der Waals surface area contributed by atoms with Gasteiger partial charge in [0.05, 0.1) is 9.79 Å². The van der Waals surface area contributed by atoms with E-state index in [4.69, 9.17) is 10.4 Å². The van der Waals surface area contributed by atoms with Gasteiger partial charge in [0.1, 0.15) is 0 Å². The number of carbonyl (C=O) groups excluding carboxylic acids is 2. The van der Waals surface area contributed by atoms with Gasteiger partial charge in [-0.25, -0.2) is 27.8 Å². The van der Waals surface area contributed by atoms with Gasteiger partial charge < -0.3 is 0 Å². The average Bonchev–Trinajstić information content (AvgIpc) is 3.05. The van der Waals surface area contributed by atoms with Crippen LogP contribution in [0.25, 0.3) is 0 Å². The third-order valence-corrected chi connectivity index (χ3v) is 14.7. The number of hydrogen-bond donors (Lipinski definition) is 4. The molecule has 4 rings (SSSR count). The molecule has 2 amide bonds. The maximum absolute atomic E-state index is 13.2. The Bertz CT molecular complexity index is 1540. The number of sulfone groups is 2. The van der Waals surface area contributed by atoms with Crippen LogP contribution in [0.2, 0.25) is 0 Å². The zero-order valence-corrected chi connectivity index (χ0v) is 29.1. The first-order valence-corrected chi connectivity index (χ1v) is 19.2. The summed E-state index contributed by atoms with van der Waals surface area (Å²) in [5.41, 5.74) is 5.30. The summed E-state index contributed by atoms with van der Waals surface area (Å²) in [6.07, 6.45) is 8.15. The number of amides is 2. The zero-order chi connectivity index (χ0) is 34.2. The van der Waals surface area contributed by atoms with Crippen molar-refractivity contribution in [1.29, 1.82) is 0 Å². The van der Waals surface area contributed by atoms with E-state index in [9.17, 15) is 26.4 Å². The third kappa shape index (κ3) is 7.67. The predicted octanol–water partition coefficient (Wildman–Crippen LogP) is 5.88. The minimum atomic E-state index is -3.89. The largest absolute Gasteiger partial charge is 0.289 e. The highest BCUT2D eigenvalue weighted by molar-refractivity contribution is 7.94. The molecule has 0 saturated heterocycles. The summed E-state index contributed by atoms with van der Waals surface area (Å²) < 4.78 is 49.3. The van der Waals surface area contributed by atoms with Crippen LogP contribution >= 0.6 is 0 Å². The van der Waals surface area contributed by atoms with E-state index >= 15 is 0 Å². The van der Waals surface area contributed by atoms with Gasteiger partial charge in [-0.15, -0.1) is 0 Å². The first-order chi connectivity index (χ1) is 21.7. The van der Waals surface area contributed by atoms with Crippen molar-refractivity contribution >= 4 is 31.5 Å². The maximum Gasteiger partial charge on any atom is 0.265 e. The molecule has 0 atom stereocenters. The lowest BCUT2D eigenvalue weighted by molar-refractivity contribution is -0.133. The van der Waals surface area contributed by atoms with Gasteiger partial charge in [-0.3, -0.25) is 20.0 Å². The van der Waals surface area contributed by atoms with E-state index in [0.717, 1.165) is 43.2 Å². The van der Waals surface area contributed by atoms with E-state index in [0.29, 0.717) is 25.7 Å². The van der Waals surface area contributed by atoms with Crippen LogP contribution in [0.1, 0.15) is 109 Å². The number of hydrogen-bond acceptors (Lipinski definition) is 8. The van der Waals surface area contributed by atoms with E-state index in [2.05, 4.69) is 27.7 Å². The van der Waals surface area contributed by atoms with E-state index < -0.39 is 41.0 Å². The van der Waals surface area contributed by atoms with Crippen LogP contribution in [0.5, 0.6) is 0 Å². The fourth-order valence-corrected chi connectivity index (χ4v) is 10.6. The summed E-state index contributed by atoms with van der Waals surface area (Å²) in [6, 6.07) is 13.5. The molecule has 0 unspecified atom stereocenters. The number of nitrogens with one attached hydrogen (secondary N) is 2. The summed E-state index contributed by atoms with van der Waals surface area (Å²) >= 11 is 0. The molecule has 0 heterocycles. The van der Waals surface area contributed by atoms with E-state index in [1.807, 2.05) is 0 Å². The number of rotatable bonds is 10. The molecule has 2 aromatic rings. The lowest BCUT2D eigenvalue weighted by Crippen LogP contribution is -2.54. The standard InChI is InChI=1S/C18H27NO4S.C16H23NO4S/c1-4-5-14-6-8-15(9-7-14)24(22,23)18(16(20)19-21)12-10-17(2,3)11-13-18;1-2-6-13-7-9-14(10-8-13)22(20,21)16(15(18)17-19)11-4-3-5-12-16/h6-9,21H,4-5,10-13H2,1-3H3,(H,19,20);7-10,19H,2-6,11-12H2,1H3,(H,17,18). The molecular weight excluding hydrogens is 629 g/mol. The number of carbonyl (C=O) groups is 2. The first-order valence-electron chi connectivity index (χ1n) is 16.2. The average molecular weight is 679 g/mol. The number of hydroxylamine groups is 2. The molecule has 10 nitrogen and oxygen atoms in total. The van der Waals surface area contributed by atoms with Crippen molar-refractivity contribution < 1.29 is 36.8 Å². The second-order valence-electron chi connectivity index (χ2n) is 13.4. The summed E-state index contributed by atoms with van der Waals surface area (Å²) in [4.78, 5) is 24.8. The molecule has 256 valence electrons. The topological polar surface area (TPSA) is 167 Å². The molecule has 0 bridgehead atoms. The van der Waals surface area contributed by atoms with Crippen LogP contribution in [0.4, 0.5) is 0 Å². The van der Waals surface area contributed by atoms with Crippen molar-refractivity contribution in [3.63, 3.8) is 0 Å². The van der Waals surface area contributed by atoms with E-state index in [1.54, 1.807) is 59.5 Å². The first kappa shape index (κ1) is 37.7. The molecule has 46 heavy (non-hydrogen) atoms. The Morgan fingerprint density at radius 1 is 0.609 bits per heavy atom. The Morgan fingerprint density at radius 2 is 0.957 bits per heavy atom. The Labute approximate surface area is 274 Å². The molecule has 0 radical (unpaired) electrons. The normalized spacial score (nSPS) is 18.8. The molecule has 0 aliphatic heterocycles. The molecular formula is C34H50N2O8S2. The molecule has 2 aromatic carbocycles. The fourth-order valence-electron chi connectivity index (χ4n) is 6.59. The van der Waals surface area contributed by atoms with E-state index in [-0.39, 0.29) is 40.9 Å². The molecule has 0 spiro atoms. The van der Waals surface area contributed by atoms with Gasteiger partial charge >= 0.3 is 0 Å². The Morgan fingerprint density at radius 3 is 1.28 bits per heavy atom. The van der Waals surface area contributed by atoms with E-state index in [1.165, 1.54) is 0 Å². The van der Waals surface area contributed by atoms with Crippen molar-refractivity contribution in [2.24, 2.45) is 5.41 Å². The van der Waals surface area contributed by atoms with Crippen molar-refractivity contribution in [2.75, 3.05) is 0 Å². The van der Waals surface area contributed by atoms with Gasteiger partial charge in [-0.2, -0.15) is 0 Å². The zero-order valence-electron chi connectivity index (χ0n) is 27.5. The SMILES string of the molecule is CCCc1ccc(S(=O)(=O)C2(C(=O)NO)CCC(C)(C)CC2)cc1.CCCc1ccc(S(=O)(=O)C2(C(=O)NO)CCCCC2)cc1.